The van der Waals surface area contributed by atoms with Crippen molar-refractivity contribution in [2.24, 2.45) is 0 Å². The molecule has 1 aromatic heterocycles. The number of amides is 1. The lowest BCUT2D eigenvalue weighted by atomic mass is 10.0. The number of hydrogen-bond acceptors (Lipinski definition) is 7. The number of aromatic nitrogens is 2. The van der Waals surface area contributed by atoms with Gasteiger partial charge in [0.15, 0.2) is 0 Å². The molecule has 0 radical (unpaired) electrons. The summed E-state index contributed by atoms with van der Waals surface area (Å²) in [6, 6.07) is 13.2. The summed E-state index contributed by atoms with van der Waals surface area (Å²) in [4.78, 5) is 14.6. The normalized spacial score (nSPS) is 15.9. The summed E-state index contributed by atoms with van der Waals surface area (Å²) < 4.78 is 39.4. The molecule has 3 aromatic rings. The number of nitrogens with zero attached hydrogens (tertiary/aromatic N) is 4. The average molecular weight is 668 g/mol. The van der Waals surface area contributed by atoms with E-state index in [-0.39, 0.29) is 13.1 Å². The summed E-state index contributed by atoms with van der Waals surface area (Å²) >= 11 is 6.63. The Hall–Kier alpha value is -3.40. The number of carbonyl (C=O) groups is 1. The molecule has 12 heteroatoms. The van der Waals surface area contributed by atoms with Gasteiger partial charge in [-0.2, -0.15) is 9.40 Å². The van der Waals surface area contributed by atoms with Crippen LogP contribution in [0, 0.1) is 11.8 Å². The number of benzene rings is 2. The summed E-state index contributed by atoms with van der Waals surface area (Å²) in [7, 11) is -3.37. The van der Waals surface area contributed by atoms with Gasteiger partial charge in [-0.15, -0.1) is 0 Å². The van der Waals surface area contributed by atoms with Gasteiger partial charge in [0, 0.05) is 80.2 Å². The summed E-state index contributed by atoms with van der Waals surface area (Å²) in [6.45, 7) is 11.5. The van der Waals surface area contributed by atoms with Crippen LogP contribution in [0.15, 0.2) is 42.5 Å². The number of nitrogens with one attached hydrogen (secondary N) is 1. The maximum atomic E-state index is 12.5. The van der Waals surface area contributed by atoms with Crippen LogP contribution in [0.1, 0.15) is 55.1 Å². The third-order valence-electron chi connectivity index (χ3n) is 7.93. The first-order valence-corrected chi connectivity index (χ1v) is 17.8. The number of alkyl carbamates (subject to hydrolysis) is 1. The lowest BCUT2D eigenvalue weighted by Gasteiger charge is -2.27. The first kappa shape index (κ1) is 33.9. The number of rotatable bonds is 8. The van der Waals surface area contributed by atoms with Gasteiger partial charge in [-0.3, -0.25) is 9.58 Å². The Morgan fingerprint density at radius 3 is 2.54 bits per heavy atom. The zero-order valence-corrected chi connectivity index (χ0v) is 28.5. The number of morpholine rings is 1. The molecule has 2 aliphatic rings. The van der Waals surface area contributed by atoms with Crippen LogP contribution < -0.4 is 5.32 Å². The van der Waals surface area contributed by atoms with E-state index in [1.165, 1.54) is 10.6 Å². The monoisotopic (exact) mass is 667 g/mol. The number of carbonyl (C=O) groups excluding carboxylic acids is 1. The van der Waals surface area contributed by atoms with Gasteiger partial charge in [0.2, 0.25) is 10.0 Å². The minimum absolute atomic E-state index is 0.263. The van der Waals surface area contributed by atoms with Crippen LogP contribution in [0.4, 0.5) is 4.79 Å². The van der Waals surface area contributed by atoms with E-state index in [2.05, 4.69) is 26.7 Å². The van der Waals surface area contributed by atoms with E-state index in [4.69, 9.17) is 26.2 Å². The molecular weight excluding hydrogens is 626 g/mol. The van der Waals surface area contributed by atoms with Gasteiger partial charge in [0.25, 0.3) is 0 Å². The fraction of sp³-hybridized carbons (Fsp3) is 0.471. The molecule has 0 unspecified atom stereocenters. The lowest BCUT2D eigenvalue weighted by molar-refractivity contribution is 0.0368. The molecule has 2 aliphatic heterocycles. The smallest absolute Gasteiger partial charge is 0.407 e. The molecule has 46 heavy (non-hydrogen) atoms. The largest absolute Gasteiger partial charge is 0.444 e. The molecule has 1 saturated heterocycles. The van der Waals surface area contributed by atoms with Crippen molar-refractivity contribution in [3.05, 3.63) is 75.4 Å². The van der Waals surface area contributed by atoms with E-state index in [9.17, 15) is 13.2 Å². The molecule has 1 N–H and O–H groups in total. The molecule has 0 spiro atoms. The van der Waals surface area contributed by atoms with Gasteiger partial charge in [-0.05, 0) is 51.0 Å². The van der Waals surface area contributed by atoms with E-state index in [0.29, 0.717) is 23.6 Å². The molecule has 0 atom stereocenters. The second-order valence-electron chi connectivity index (χ2n) is 12.6. The molecule has 1 fully saturated rings. The number of ether oxygens (including phenoxy) is 2. The number of aryl methyl sites for hydroxylation is 1. The van der Waals surface area contributed by atoms with Crippen molar-refractivity contribution < 1.29 is 22.7 Å². The topological polar surface area (TPSA) is 106 Å². The first-order chi connectivity index (χ1) is 21.9. The third kappa shape index (κ3) is 8.90. The van der Waals surface area contributed by atoms with Crippen LogP contribution in [-0.2, 0) is 45.6 Å². The molecule has 0 bridgehead atoms. The summed E-state index contributed by atoms with van der Waals surface area (Å²) in [5, 5.41) is 8.33. The fourth-order valence-electron chi connectivity index (χ4n) is 5.62. The highest BCUT2D eigenvalue weighted by atomic mass is 35.5. The fourth-order valence-corrected chi connectivity index (χ4v) is 6.57. The van der Waals surface area contributed by atoms with E-state index >= 15 is 0 Å². The van der Waals surface area contributed by atoms with Crippen LogP contribution in [0.5, 0.6) is 0 Å². The molecule has 0 aliphatic carbocycles. The Bertz CT molecular complexity index is 1730. The van der Waals surface area contributed by atoms with Gasteiger partial charge in [0.1, 0.15) is 5.60 Å². The van der Waals surface area contributed by atoms with Gasteiger partial charge in [-0.25, -0.2) is 13.2 Å². The highest BCUT2D eigenvalue weighted by molar-refractivity contribution is 7.88. The quantitative estimate of drug-likeness (QED) is 0.348. The van der Waals surface area contributed by atoms with Crippen molar-refractivity contribution in [2.75, 3.05) is 45.6 Å². The number of hydrogen-bond donors (Lipinski definition) is 1. The molecular formula is C34H42ClN5O5S. The highest BCUT2D eigenvalue weighted by Crippen LogP contribution is 2.33. The predicted octanol–water partition coefficient (Wildman–Crippen LogP) is 4.67. The van der Waals surface area contributed by atoms with E-state index in [0.717, 1.165) is 79.5 Å². The Morgan fingerprint density at radius 1 is 1.07 bits per heavy atom. The van der Waals surface area contributed by atoms with E-state index < -0.39 is 21.7 Å². The summed E-state index contributed by atoms with van der Waals surface area (Å²) in [6.07, 6.45) is 2.29. The standard InChI is InChI=1S/C34H42ClN5O5S/c1-34(2,3)45-33(41)36-23-28-9-6-5-8-25(28)10-11-26-22-27(12-13-30(26)35)32-29-24-39(46(4,42)43)17-14-31(29)40(37-32)16-7-15-38-18-20-44-21-19-38/h5-6,8-9,12-13,22H,7,14-21,23-24H2,1-4H3,(H,36,41). The SMILES string of the molecule is CC(C)(C)OC(=O)NCc1ccccc1C#Cc1cc(-c2nn(CCCN3CCOCC3)c3c2CN(S(C)(=O)=O)CC3)ccc1Cl. The maximum absolute atomic E-state index is 12.5. The van der Waals surface area contributed by atoms with Crippen molar-refractivity contribution in [1.82, 2.24) is 24.3 Å². The third-order valence-corrected chi connectivity index (χ3v) is 9.51. The van der Waals surface area contributed by atoms with E-state index in [1.54, 1.807) is 6.07 Å². The molecule has 2 aromatic carbocycles. The van der Waals surface area contributed by atoms with Gasteiger partial charge < -0.3 is 14.8 Å². The van der Waals surface area contributed by atoms with E-state index in [1.807, 2.05) is 57.2 Å². The van der Waals surface area contributed by atoms with Crippen molar-refractivity contribution in [1.29, 1.82) is 0 Å². The van der Waals surface area contributed by atoms with Crippen molar-refractivity contribution in [3.8, 4) is 23.1 Å². The molecule has 5 rings (SSSR count). The van der Waals surface area contributed by atoms with Crippen LogP contribution in [-0.4, -0.2) is 84.7 Å². The lowest BCUT2D eigenvalue weighted by Crippen LogP contribution is -2.37. The van der Waals surface area contributed by atoms with Crippen LogP contribution >= 0.6 is 11.6 Å². The number of halogens is 1. The average Bonchev–Trinajstić information content (AvgIpc) is 3.37. The molecule has 1 amide bonds. The van der Waals surface area contributed by atoms with Gasteiger partial charge in [-0.1, -0.05) is 47.7 Å². The van der Waals surface area contributed by atoms with Crippen molar-refractivity contribution >= 4 is 27.7 Å². The zero-order chi connectivity index (χ0) is 32.9. The summed E-state index contributed by atoms with van der Waals surface area (Å²) in [5.74, 6) is 6.44. The van der Waals surface area contributed by atoms with Crippen LogP contribution in [0.3, 0.4) is 0 Å². The molecule has 246 valence electrons. The van der Waals surface area contributed by atoms with Crippen LogP contribution in [0.25, 0.3) is 11.3 Å². The minimum Gasteiger partial charge on any atom is -0.444 e. The Kier molecular flexibility index (Phi) is 10.8. The Labute approximate surface area is 277 Å². The van der Waals surface area contributed by atoms with Gasteiger partial charge in [0.05, 0.1) is 30.2 Å². The second-order valence-corrected chi connectivity index (χ2v) is 15.0. The molecule has 0 saturated carbocycles. The van der Waals surface area contributed by atoms with Crippen molar-refractivity contribution in [3.63, 3.8) is 0 Å². The van der Waals surface area contributed by atoms with Crippen molar-refractivity contribution in [2.45, 2.75) is 58.8 Å². The minimum atomic E-state index is -3.37. The predicted molar refractivity (Wildman–Crippen MR) is 179 cm³/mol. The molecule has 10 nitrogen and oxygen atoms in total. The Morgan fingerprint density at radius 2 is 1.80 bits per heavy atom. The maximum Gasteiger partial charge on any atom is 0.407 e. The first-order valence-electron chi connectivity index (χ1n) is 15.6. The van der Waals surface area contributed by atoms with Gasteiger partial charge >= 0.3 is 6.09 Å². The number of fused-ring (bicyclic) bond motifs is 1. The zero-order valence-electron chi connectivity index (χ0n) is 26.9. The second kappa shape index (κ2) is 14.6. The van der Waals surface area contributed by atoms with Crippen LogP contribution in [0.2, 0.25) is 5.02 Å². The number of sulfonamides is 1. The Balaban J connectivity index is 1.40. The highest BCUT2D eigenvalue weighted by Gasteiger charge is 2.30. The molecule has 3 heterocycles. The summed E-state index contributed by atoms with van der Waals surface area (Å²) in [5.41, 5.74) is 5.20.